The number of benzene rings is 1. The van der Waals surface area contributed by atoms with Gasteiger partial charge in [-0.3, -0.25) is 19.6 Å². The summed E-state index contributed by atoms with van der Waals surface area (Å²) in [4.78, 5) is 26.9. The second-order valence-electron chi connectivity index (χ2n) is 8.46. The molecule has 10 nitrogen and oxygen atoms in total. The Morgan fingerprint density at radius 1 is 1.03 bits per heavy atom. The van der Waals surface area contributed by atoms with Crippen LogP contribution in [0.5, 0.6) is 0 Å². The van der Waals surface area contributed by atoms with Gasteiger partial charge in [0.05, 0.1) is 29.5 Å². The third-order valence-corrected chi connectivity index (χ3v) is 6.61. The van der Waals surface area contributed by atoms with Crippen molar-refractivity contribution in [2.75, 3.05) is 24.1 Å². The molecule has 0 aliphatic carbocycles. The van der Waals surface area contributed by atoms with Crippen LogP contribution in [-0.2, 0) is 10.0 Å². The van der Waals surface area contributed by atoms with Crippen LogP contribution >= 0.6 is 0 Å². The van der Waals surface area contributed by atoms with Gasteiger partial charge in [-0.25, -0.2) is 13.4 Å². The van der Waals surface area contributed by atoms with Gasteiger partial charge in [0.2, 0.25) is 10.0 Å². The van der Waals surface area contributed by atoms with Gasteiger partial charge in [0.15, 0.2) is 5.65 Å². The predicted molar refractivity (Wildman–Crippen MR) is 140 cm³/mol. The Labute approximate surface area is 207 Å². The van der Waals surface area contributed by atoms with Crippen molar-refractivity contribution >= 4 is 43.6 Å². The molecule has 1 aromatic carbocycles. The van der Waals surface area contributed by atoms with E-state index in [1.54, 1.807) is 23.4 Å². The van der Waals surface area contributed by atoms with Crippen LogP contribution in [0.25, 0.3) is 44.5 Å². The highest BCUT2D eigenvalue weighted by atomic mass is 32.2. The van der Waals surface area contributed by atoms with E-state index in [2.05, 4.69) is 29.9 Å². The number of amides is 1. The van der Waals surface area contributed by atoms with E-state index in [1.165, 1.54) is 6.20 Å². The van der Waals surface area contributed by atoms with Gasteiger partial charge in [0, 0.05) is 58.5 Å². The first-order valence-corrected chi connectivity index (χ1v) is 13.3. The number of fused-ring (bicyclic) bond motifs is 2. The van der Waals surface area contributed by atoms with Crippen LogP contribution in [-0.4, -0.2) is 63.7 Å². The molecule has 0 unspecified atom stereocenters. The molecule has 1 amide bonds. The Balaban J connectivity index is 1.58. The van der Waals surface area contributed by atoms with Crippen molar-refractivity contribution in [1.29, 1.82) is 0 Å². The van der Waals surface area contributed by atoms with Gasteiger partial charge in [-0.2, -0.15) is 5.10 Å². The average molecular weight is 504 g/mol. The van der Waals surface area contributed by atoms with E-state index < -0.39 is 10.0 Å². The lowest BCUT2D eigenvalue weighted by Gasteiger charge is -2.18. The third kappa shape index (κ3) is 4.40. The van der Waals surface area contributed by atoms with Crippen molar-refractivity contribution in [2.45, 2.75) is 13.8 Å². The average Bonchev–Trinajstić information content (AvgIpc) is 3.47. The van der Waals surface area contributed by atoms with Crippen LogP contribution in [0.4, 0.5) is 5.69 Å². The van der Waals surface area contributed by atoms with Gasteiger partial charge in [0.1, 0.15) is 0 Å². The van der Waals surface area contributed by atoms with Crippen LogP contribution in [0.15, 0.2) is 55.0 Å². The van der Waals surface area contributed by atoms with E-state index in [0.29, 0.717) is 35.6 Å². The molecule has 0 saturated heterocycles. The summed E-state index contributed by atoms with van der Waals surface area (Å²) >= 11 is 0. The molecule has 5 aromatic rings. The zero-order valence-electron chi connectivity index (χ0n) is 20.0. The molecule has 4 aromatic heterocycles. The first-order valence-electron chi connectivity index (χ1n) is 11.5. The van der Waals surface area contributed by atoms with Gasteiger partial charge in [-0.1, -0.05) is 6.07 Å². The Morgan fingerprint density at radius 3 is 2.56 bits per heavy atom. The summed E-state index contributed by atoms with van der Waals surface area (Å²) in [6, 6.07) is 11.2. The van der Waals surface area contributed by atoms with Crippen molar-refractivity contribution in [3.63, 3.8) is 0 Å². The van der Waals surface area contributed by atoms with E-state index in [4.69, 9.17) is 0 Å². The van der Waals surface area contributed by atoms with Gasteiger partial charge in [0.25, 0.3) is 5.91 Å². The summed E-state index contributed by atoms with van der Waals surface area (Å²) in [6.45, 7) is 5.21. The second kappa shape index (κ2) is 9.08. The highest BCUT2D eigenvalue weighted by Crippen LogP contribution is 2.32. The summed E-state index contributed by atoms with van der Waals surface area (Å²) in [6.07, 6.45) is 5.85. The fourth-order valence-electron chi connectivity index (χ4n) is 4.29. The summed E-state index contributed by atoms with van der Waals surface area (Å²) < 4.78 is 25.7. The maximum atomic E-state index is 13.1. The van der Waals surface area contributed by atoms with Crippen molar-refractivity contribution in [3.8, 4) is 22.5 Å². The van der Waals surface area contributed by atoms with Crippen LogP contribution in [0, 0.1) is 0 Å². The zero-order chi connectivity index (χ0) is 25.4. The lowest BCUT2D eigenvalue weighted by atomic mass is 10.1. The first kappa shape index (κ1) is 23.5. The molecule has 5 rings (SSSR count). The van der Waals surface area contributed by atoms with Crippen molar-refractivity contribution in [1.82, 2.24) is 30.0 Å². The molecule has 36 heavy (non-hydrogen) atoms. The number of aromatic amines is 2. The molecular weight excluding hydrogens is 478 g/mol. The molecule has 0 radical (unpaired) electrons. The Hall–Kier alpha value is -4.25. The Morgan fingerprint density at radius 2 is 1.81 bits per heavy atom. The Bertz CT molecular complexity index is 1700. The summed E-state index contributed by atoms with van der Waals surface area (Å²) in [5, 5.41) is 9.01. The number of nitrogens with one attached hydrogen (secondary N) is 3. The van der Waals surface area contributed by atoms with Crippen molar-refractivity contribution in [3.05, 3.63) is 60.6 Å². The lowest BCUT2D eigenvalue weighted by molar-refractivity contribution is 0.0775. The fourth-order valence-corrected chi connectivity index (χ4v) is 4.83. The SMILES string of the molecule is CCN(CC)C(=O)c1cccc2[nH]c(-c3[nH]nc4ncc(-c5cncc(NS(C)(=O)=O)c5)cc34)cc12. The summed E-state index contributed by atoms with van der Waals surface area (Å²) in [5.74, 6) is -0.00958. The monoisotopic (exact) mass is 503 g/mol. The Kier molecular flexibility index (Phi) is 5.92. The minimum absolute atomic E-state index is 0.00958. The zero-order valence-corrected chi connectivity index (χ0v) is 20.8. The molecule has 0 bridgehead atoms. The molecule has 11 heteroatoms. The highest BCUT2D eigenvalue weighted by Gasteiger charge is 2.19. The molecule has 0 saturated carbocycles. The number of nitrogens with zero attached hydrogens (tertiary/aromatic N) is 4. The number of pyridine rings is 2. The largest absolute Gasteiger partial charge is 0.353 e. The molecule has 0 fully saturated rings. The number of hydrogen-bond acceptors (Lipinski definition) is 6. The first-order chi connectivity index (χ1) is 17.3. The third-order valence-electron chi connectivity index (χ3n) is 6.00. The molecule has 3 N–H and O–H groups in total. The van der Waals surface area contributed by atoms with Crippen LogP contribution in [0.2, 0.25) is 0 Å². The maximum Gasteiger partial charge on any atom is 0.254 e. The number of sulfonamides is 1. The van der Waals surface area contributed by atoms with E-state index in [9.17, 15) is 13.2 Å². The number of rotatable bonds is 7. The molecule has 4 heterocycles. The topological polar surface area (TPSA) is 137 Å². The number of aromatic nitrogens is 5. The minimum Gasteiger partial charge on any atom is -0.353 e. The smallest absolute Gasteiger partial charge is 0.254 e. The predicted octanol–water partition coefficient (Wildman–Crippen LogP) is 4.02. The summed E-state index contributed by atoms with van der Waals surface area (Å²) in [7, 11) is -3.43. The number of anilines is 1. The van der Waals surface area contributed by atoms with Gasteiger partial charge >= 0.3 is 0 Å². The number of carbonyl (C=O) groups is 1. The van der Waals surface area contributed by atoms with Gasteiger partial charge < -0.3 is 9.88 Å². The van der Waals surface area contributed by atoms with Gasteiger partial charge in [-0.05, 0) is 44.2 Å². The minimum atomic E-state index is -3.43. The van der Waals surface area contributed by atoms with Crippen molar-refractivity contribution in [2.24, 2.45) is 0 Å². The highest BCUT2D eigenvalue weighted by molar-refractivity contribution is 7.92. The van der Waals surface area contributed by atoms with Crippen LogP contribution in [0.1, 0.15) is 24.2 Å². The van der Waals surface area contributed by atoms with E-state index in [0.717, 1.165) is 39.5 Å². The molecule has 184 valence electrons. The molecule has 0 aliphatic heterocycles. The van der Waals surface area contributed by atoms with Crippen LogP contribution < -0.4 is 4.72 Å². The van der Waals surface area contributed by atoms with E-state index in [-0.39, 0.29) is 5.91 Å². The van der Waals surface area contributed by atoms with Crippen molar-refractivity contribution < 1.29 is 13.2 Å². The lowest BCUT2D eigenvalue weighted by Crippen LogP contribution is -2.30. The summed E-state index contributed by atoms with van der Waals surface area (Å²) in [5.41, 5.74) is 5.35. The van der Waals surface area contributed by atoms with E-state index in [1.807, 2.05) is 44.2 Å². The molecule has 0 spiro atoms. The number of H-pyrrole nitrogens is 2. The molecule has 0 aliphatic rings. The molecular formula is C25H25N7O3S. The molecule has 0 atom stereocenters. The normalized spacial score (nSPS) is 11.8. The van der Waals surface area contributed by atoms with E-state index >= 15 is 0 Å². The quantitative estimate of drug-likeness (QED) is 0.307. The number of carbonyl (C=O) groups excluding carboxylic acids is 1. The van der Waals surface area contributed by atoms with Crippen LogP contribution in [0.3, 0.4) is 0 Å². The van der Waals surface area contributed by atoms with Gasteiger partial charge in [-0.15, -0.1) is 0 Å². The maximum absolute atomic E-state index is 13.1. The fraction of sp³-hybridized carbons (Fsp3) is 0.200. The number of hydrogen-bond donors (Lipinski definition) is 3. The second-order valence-corrected chi connectivity index (χ2v) is 10.2. The standard InChI is InChI=1S/C25H25N7O3S/c1-4-32(5-2)25(33)18-7-6-8-21-19(18)11-22(28-21)23-20-10-16(13-27-24(20)30-29-23)15-9-17(14-26-12-15)31-36(3,34)35/h6-14,28,31H,4-5H2,1-3H3,(H,27,29,30).